The molecule has 0 bridgehead atoms. The number of nitrogens with one attached hydrogen (secondary N) is 1. The Kier molecular flexibility index (Phi) is 5.63. The van der Waals surface area contributed by atoms with Crippen LogP contribution in [0.25, 0.3) is 0 Å². The monoisotopic (exact) mass is 366 g/mol. The number of aromatic nitrogens is 3. The van der Waals surface area contributed by atoms with Gasteiger partial charge in [-0.15, -0.1) is 10.2 Å². The van der Waals surface area contributed by atoms with Crippen LogP contribution < -0.4 is 10.1 Å². The van der Waals surface area contributed by atoms with E-state index in [1.54, 1.807) is 12.1 Å². The number of nitrogens with zero attached hydrogens (tertiary/aromatic N) is 3. The summed E-state index contributed by atoms with van der Waals surface area (Å²) in [6, 6.07) is 7.56. The van der Waals surface area contributed by atoms with Crippen molar-refractivity contribution in [2.24, 2.45) is 0 Å². The number of ether oxygens (including phenoxy) is 1. The minimum absolute atomic E-state index is 0.0483. The van der Waals surface area contributed by atoms with Gasteiger partial charge in [-0.05, 0) is 44.0 Å². The third kappa shape index (κ3) is 4.64. The van der Waals surface area contributed by atoms with Crippen LogP contribution in [0, 0.1) is 0 Å². The van der Waals surface area contributed by atoms with Gasteiger partial charge < -0.3 is 14.6 Å². The van der Waals surface area contributed by atoms with Gasteiger partial charge in [0.1, 0.15) is 12.4 Å². The lowest BCUT2D eigenvalue weighted by atomic mass is 10.3. The molecule has 1 N–H and O–H groups in total. The van der Waals surface area contributed by atoms with E-state index in [0.29, 0.717) is 23.4 Å². The zero-order valence-corrected chi connectivity index (χ0v) is 14.9. The van der Waals surface area contributed by atoms with Gasteiger partial charge in [0.2, 0.25) is 5.91 Å². The van der Waals surface area contributed by atoms with Crippen molar-refractivity contribution in [3.63, 3.8) is 0 Å². The van der Waals surface area contributed by atoms with E-state index in [-0.39, 0.29) is 5.91 Å². The zero-order valence-electron chi connectivity index (χ0n) is 13.4. The summed E-state index contributed by atoms with van der Waals surface area (Å²) in [4.78, 5) is 11.8. The molecule has 0 spiro atoms. The fourth-order valence-corrected chi connectivity index (χ4v) is 3.11. The highest BCUT2D eigenvalue weighted by Crippen LogP contribution is 2.21. The van der Waals surface area contributed by atoms with E-state index in [1.807, 2.05) is 23.6 Å². The smallest absolute Gasteiger partial charge is 0.230 e. The summed E-state index contributed by atoms with van der Waals surface area (Å²) in [6.45, 7) is 3.06. The Labute approximate surface area is 149 Å². The van der Waals surface area contributed by atoms with Gasteiger partial charge in [-0.1, -0.05) is 23.4 Å². The van der Waals surface area contributed by atoms with Crippen molar-refractivity contribution in [1.29, 1.82) is 0 Å². The predicted molar refractivity (Wildman–Crippen MR) is 93.4 cm³/mol. The van der Waals surface area contributed by atoms with Gasteiger partial charge in [0.25, 0.3) is 0 Å². The van der Waals surface area contributed by atoms with Crippen molar-refractivity contribution < 1.29 is 9.53 Å². The van der Waals surface area contributed by atoms with Crippen LogP contribution in [0.5, 0.6) is 5.75 Å². The van der Waals surface area contributed by atoms with Gasteiger partial charge in [0, 0.05) is 17.6 Å². The summed E-state index contributed by atoms with van der Waals surface area (Å²) in [5, 5.41) is 12.7. The van der Waals surface area contributed by atoms with Gasteiger partial charge in [-0.25, -0.2) is 0 Å². The Morgan fingerprint density at radius 3 is 2.79 bits per heavy atom. The van der Waals surface area contributed by atoms with Crippen molar-refractivity contribution >= 4 is 29.3 Å². The Balaban J connectivity index is 1.56. The van der Waals surface area contributed by atoms with Crippen LogP contribution in [0.15, 0.2) is 29.4 Å². The number of thioether (sulfide) groups is 1. The zero-order chi connectivity index (χ0) is 16.9. The molecule has 0 atom stereocenters. The third-order valence-corrected chi connectivity index (χ3v) is 4.78. The second-order valence-electron chi connectivity index (χ2n) is 5.52. The molecule has 1 saturated carbocycles. The number of benzene rings is 1. The first kappa shape index (κ1) is 17.1. The molecule has 1 fully saturated rings. The second-order valence-corrected chi connectivity index (χ2v) is 6.90. The standard InChI is InChI=1S/C16H19ClN4O2S/c1-2-21-14(9-23-13-7-3-11(17)4-8-13)19-20-16(21)24-10-15(22)18-12-5-6-12/h3-4,7-8,12H,2,5-6,9-10H2,1H3,(H,18,22). The molecule has 1 heterocycles. The second kappa shape index (κ2) is 7.90. The lowest BCUT2D eigenvalue weighted by Gasteiger charge is -2.09. The minimum Gasteiger partial charge on any atom is -0.486 e. The van der Waals surface area contributed by atoms with E-state index in [2.05, 4.69) is 15.5 Å². The maximum Gasteiger partial charge on any atom is 0.230 e. The first-order valence-corrected chi connectivity index (χ1v) is 9.24. The number of hydrogen-bond acceptors (Lipinski definition) is 5. The van der Waals surface area contributed by atoms with Crippen LogP contribution in [0.1, 0.15) is 25.6 Å². The first-order chi connectivity index (χ1) is 11.7. The lowest BCUT2D eigenvalue weighted by Crippen LogP contribution is -2.27. The average molecular weight is 367 g/mol. The normalized spacial score (nSPS) is 13.8. The van der Waals surface area contributed by atoms with E-state index >= 15 is 0 Å². The quantitative estimate of drug-likeness (QED) is 0.727. The summed E-state index contributed by atoms with van der Waals surface area (Å²) in [5.74, 6) is 1.86. The third-order valence-electron chi connectivity index (χ3n) is 3.57. The molecule has 24 heavy (non-hydrogen) atoms. The van der Waals surface area contributed by atoms with Gasteiger partial charge in [0.15, 0.2) is 11.0 Å². The molecule has 1 aliphatic rings. The number of halogens is 1. The van der Waals surface area contributed by atoms with Crippen LogP contribution >= 0.6 is 23.4 Å². The molecule has 1 aliphatic carbocycles. The first-order valence-electron chi connectivity index (χ1n) is 7.88. The molecule has 128 valence electrons. The average Bonchev–Trinajstić information content (AvgIpc) is 3.30. The van der Waals surface area contributed by atoms with E-state index in [9.17, 15) is 4.79 Å². The molecule has 0 saturated heterocycles. The van der Waals surface area contributed by atoms with E-state index in [0.717, 1.165) is 36.1 Å². The highest BCUT2D eigenvalue weighted by Gasteiger charge is 2.23. The summed E-state index contributed by atoms with van der Waals surface area (Å²) < 4.78 is 7.68. The van der Waals surface area contributed by atoms with Gasteiger partial charge >= 0.3 is 0 Å². The highest BCUT2D eigenvalue weighted by atomic mass is 35.5. The van der Waals surface area contributed by atoms with Gasteiger partial charge in [-0.3, -0.25) is 4.79 Å². The minimum atomic E-state index is 0.0483. The highest BCUT2D eigenvalue weighted by molar-refractivity contribution is 7.99. The van der Waals surface area contributed by atoms with Crippen molar-refractivity contribution in [3.05, 3.63) is 35.1 Å². The summed E-state index contributed by atoms with van der Waals surface area (Å²) in [7, 11) is 0. The molecule has 1 amide bonds. The summed E-state index contributed by atoms with van der Waals surface area (Å²) >= 11 is 7.26. The van der Waals surface area contributed by atoms with Crippen molar-refractivity contribution in [1.82, 2.24) is 20.1 Å². The van der Waals surface area contributed by atoms with Crippen molar-refractivity contribution in [2.75, 3.05) is 5.75 Å². The summed E-state index contributed by atoms with van der Waals surface area (Å²) in [6.07, 6.45) is 2.18. The van der Waals surface area contributed by atoms with Crippen molar-refractivity contribution in [2.45, 2.75) is 44.1 Å². The molecular formula is C16H19ClN4O2S. The fourth-order valence-electron chi connectivity index (χ4n) is 2.16. The SMILES string of the molecule is CCn1c(COc2ccc(Cl)cc2)nnc1SCC(=O)NC1CC1. The number of amides is 1. The number of carbonyl (C=O) groups excluding carboxylic acids is 1. The molecule has 0 aliphatic heterocycles. The Morgan fingerprint density at radius 1 is 1.38 bits per heavy atom. The van der Waals surface area contributed by atoms with Gasteiger partial charge in [-0.2, -0.15) is 0 Å². The Hall–Kier alpha value is -1.73. The van der Waals surface area contributed by atoms with E-state index < -0.39 is 0 Å². The van der Waals surface area contributed by atoms with Crippen molar-refractivity contribution in [3.8, 4) is 5.75 Å². The Bertz CT molecular complexity index is 701. The predicted octanol–water partition coefficient (Wildman–Crippen LogP) is 2.90. The van der Waals surface area contributed by atoms with Crippen LogP contribution in [-0.4, -0.2) is 32.5 Å². The maximum absolute atomic E-state index is 11.8. The lowest BCUT2D eigenvalue weighted by molar-refractivity contribution is -0.118. The molecule has 8 heteroatoms. The molecular weight excluding hydrogens is 348 g/mol. The topological polar surface area (TPSA) is 69.0 Å². The van der Waals surface area contributed by atoms with Crippen LogP contribution in [0.2, 0.25) is 5.02 Å². The molecule has 1 aromatic heterocycles. The molecule has 3 rings (SSSR count). The largest absolute Gasteiger partial charge is 0.486 e. The molecule has 0 unspecified atom stereocenters. The van der Waals surface area contributed by atoms with Crippen LogP contribution in [0.4, 0.5) is 0 Å². The van der Waals surface area contributed by atoms with E-state index in [1.165, 1.54) is 11.8 Å². The molecule has 1 aromatic carbocycles. The molecule has 0 radical (unpaired) electrons. The molecule has 2 aromatic rings. The number of carbonyl (C=O) groups is 1. The fraction of sp³-hybridized carbons (Fsp3) is 0.438. The van der Waals surface area contributed by atoms with Gasteiger partial charge in [0.05, 0.1) is 5.75 Å². The number of rotatable bonds is 8. The number of hydrogen-bond donors (Lipinski definition) is 1. The summed E-state index contributed by atoms with van der Waals surface area (Å²) in [5.41, 5.74) is 0. The Morgan fingerprint density at radius 2 is 2.12 bits per heavy atom. The maximum atomic E-state index is 11.8. The van der Waals surface area contributed by atoms with Crippen LogP contribution in [0.3, 0.4) is 0 Å². The van der Waals surface area contributed by atoms with Crippen LogP contribution in [-0.2, 0) is 17.9 Å². The van der Waals surface area contributed by atoms with E-state index in [4.69, 9.17) is 16.3 Å². The molecule has 6 nitrogen and oxygen atoms in total.